The Bertz CT molecular complexity index is 643. The Balaban J connectivity index is 1.66. The van der Waals surface area contributed by atoms with Gasteiger partial charge in [-0.05, 0) is 18.9 Å². The number of para-hydroxylation sites is 1. The van der Waals surface area contributed by atoms with Crippen LogP contribution in [0.3, 0.4) is 0 Å². The molecule has 1 saturated heterocycles. The predicted octanol–water partition coefficient (Wildman–Crippen LogP) is 0.915. The van der Waals surface area contributed by atoms with Crippen LogP contribution in [0, 0.1) is 0 Å². The summed E-state index contributed by atoms with van der Waals surface area (Å²) < 4.78 is 0. The molecule has 104 valence electrons. The van der Waals surface area contributed by atoms with Gasteiger partial charge in [0.2, 0.25) is 5.91 Å². The summed E-state index contributed by atoms with van der Waals surface area (Å²) in [5, 5.41) is 10.2. The Hall–Kier alpha value is -2.37. The van der Waals surface area contributed by atoms with E-state index < -0.39 is 0 Å². The van der Waals surface area contributed by atoms with Crippen molar-refractivity contribution < 1.29 is 9.59 Å². The van der Waals surface area contributed by atoms with Gasteiger partial charge in [0.05, 0.1) is 12.1 Å². The molecule has 0 radical (unpaired) electrons. The number of H-pyrrole nitrogens is 1. The van der Waals surface area contributed by atoms with E-state index in [-0.39, 0.29) is 18.4 Å². The van der Waals surface area contributed by atoms with E-state index in [4.69, 9.17) is 0 Å². The van der Waals surface area contributed by atoms with E-state index in [1.54, 1.807) is 4.90 Å². The lowest BCUT2D eigenvalue weighted by atomic mass is 10.2. The molecule has 2 aromatic rings. The Morgan fingerprint density at radius 2 is 2.00 bits per heavy atom. The second kappa shape index (κ2) is 5.32. The zero-order chi connectivity index (χ0) is 13.9. The smallest absolute Gasteiger partial charge is 0.272 e. The van der Waals surface area contributed by atoms with Gasteiger partial charge in [-0.25, -0.2) is 0 Å². The number of likely N-dealkylation sites (tertiary alicyclic amines) is 1. The molecule has 0 saturated carbocycles. The summed E-state index contributed by atoms with van der Waals surface area (Å²) in [4.78, 5) is 25.7. The standard InChI is InChI=1S/C14H16N4O2/c19-12(18-7-3-4-8-18)9-15-14(20)13-10-5-1-2-6-11(10)16-17-13/h1-2,5-6H,3-4,7-9H2,(H,15,20)(H,16,17). The van der Waals surface area contributed by atoms with Crippen molar-refractivity contribution in [3.63, 3.8) is 0 Å². The van der Waals surface area contributed by atoms with Gasteiger partial charge in [0.25, 0.3) is 5.91 Å². The van der Waals surface area contributed by atoms with Gasteiger partial charge in [-0.3, -0.25) is 14.7 Å². The third-order valence-electron chi connectivity index (χ3n) is 3.54. The minimum absolute atomic E-state index is 0.0278. The average molecular weight is 272 g/mol. The van der Waals surface area contributed by atoms with Crippen molar-refractivity contribution in [3.05, 3.63) is 30.0 Å². The molecule has 0 atom stereocenters. The van der Waals surface area contributed by atoms with E-state index in [2.05, 4.69) is 15.5 Å². The highest BCUT2D eigenvalue weighted by Gasteiger charge is 2.19. The van der Waals surface area contributed by atoms with Crippen LogP contribution >= 0.6 is 0 Å². The van der Waals surface area contributed by atoms with Crippen LogP contribution in [-0.4, -0.2) is 46.5 Å². The van der Waals surface area contributed by atoms with Gasteiger partial charge in [0.1, 0.15) is 0 Å². The van der Waals surface area contributed by atoms with Crippen LogP contribution in [0.5, 0.6) is 0 Å². The molecule has 0 bridgehead atoms. The Labute approximate surface area is 116 Å². The monoisotopic (exact) mass is 272 g/mol. The number of nitrogens with zero attached hydrogens (tertiary/aromatic N) is 2. The molecular formula is C14H16N4O2. The lowest BCUT2D eigenvalue weighted by Gasteiger charge is -2.15. The lowest BCUT2D eigenvalue weighted by Crippen LogP contribution is -2.38. The molecule has 0 aliphatic carbocycles. The minimum Gasteiger partial charge on any atom is -0.342 e. The third kappa shape index (κ3) is 2.36. The fourth-order valence-electron chi connectivity index (χ4n) is 2.45. The summed E-state index contributed by atoms with van der Waals surface area (Å²) in [7, 11) is 0. The summed E-state index contributed by atoms with van der Waals surface area (Å²) in [6.07, 6.45) is 2.09. The van der Waals surface area contributed by atoms with Crippen molar-refractivity contribution in [3.8, 4) is 0 Å². The van der Waals surface area contributed by atoms with Crippen LogP contribution in [0.25, 0.3) is 10.9 Å². The molecule has 3 rings (SSSR count). The van der Waals surface area contributed by atoms with Crippen molar-refractivity contribution >= 4 is 22.7 Å². The van der Waals surface area contributed by atoms with Gasteiger partial charge >= 0.3 is 0 Å². The first-order valence-electron chi connectivity index (χ1n) is 6.75. The highest BCUT2D eigenvalue weighted by atomic mass is 16.2. The van der Waals surface area contributed by atoms with Crippen molar-refractivity contribution in [1.82, 2.24) is 20.4 Å². The zero-order valence-corrected chi connectivity index (χ0v) is 11.1. The van der Waals surface area contributed by atoms with E-state index in [1.807, 2.05) is 24.3 Å². The van der Waals surface area contributed by atoms with Crippen molar-refractivity contribution in [2.24, 2.45) is 0 Å². The quantitative estimate of drug-likeness (QED) is 0.872. The SMILES string of the molecule is O=C(NCC(=O)N1CCCC1)c1n[nH]c2ccccc12. The second-order valence-corrected chi connectivity index (χ2v) is 4.89. The van der Waals surface area contributed by atoms with Crippen molar-refractivity contribution in [1.29, 1.82) is 0 Å². The summed E-state index contributed by atoms with van der Waals surface area (Å²) in [5.41, 5.74) is 1.14. The Morgan fingerprint density at radius 3 is 2.80 bits per heavy atom. The number of aromatic nitrogens is 2. The molecule has 1 aromatic carbocycles. The number of hydrogen-bond donors (Lipinski definition) is 2. The summed E-state index contributed by atoms with van der Waals surface area (Å²) in [6.45, 7) is 1.61. The largest absolute Gasteiger partial charge is 0.342 e. The van der Waals surface area contributed by atoms with Crippen LogP contribution in [0.2, 0.25) is 0 Å². The molecule has 1 fully saturated rings. The Kier molecular flexibility index (Phi) is 3.37. The Morgan fingerprint density at radius 1 is 1.25 bits per heavy atom. The number of carbonyl (C=O) groups is 2. The van der Waals surface area contributed by atoms with Crippen LogP contribution in [-0.2, 0) is 4.79 Å². The fraction of sp³-hybridized carbons (Fsp3) is 0.357. The van der Waals surface area contributed by atoms with Gasteiger partial charge in [0, 0.05) is 18.5 Å². The first kappa shape index (κ1) is 12.7. The molecule has 1 aliphatic rings. The van der Waals surface area contributed by atoms with Gasteiger partial charge < -0.3 is 10.2 Å². The molecule has 20 heavy (non-hydrogen) atoms. The number of carbonyl (C=O) groups excluding carboxylic acids is 2. The molecule has 6 heteroatoms. The maximum atomic E-state index is 12.1. The minimum atomic E-state index is -0.324. The maximum Gasteiger partial charge on any atom is 0.272 e. The molecule has 6 nitrogen and oxygen atoms in total. The number of fused-ring (bicyclic) bond motifs is 1. The van der Waals surface area contributed by atoms with E-state index in [9.17, 15) is 9.59 Å². The highest BCUT2D eigenvalue weighted by molar-refractivity contribution is 6.05. The van der Waals surface area contributed by atoms with Gasteiger partial charge in [0.15, 0.2) is 5.69 Å². The van der Waals surface area contributed by atoms with E-state index in [0.717, 1.165) is 36.8 Å². The maximum absolute atomic E-state index is 12.1. The molecule has 1 aliphatic heterocycles. The van der Waals surface area contributed by atoms with Crippen LogP contribution < -0.4 is 5.32 Å². The molecule has 2 N–H and O–H groups in total. The van der Waals surface area contributed by atoms with E-state index >= 15 is 0 Å². The van der Waals surface area contributed by atoms with E-state index in [1.165, 1.54) is 0 Å². The third-order valence-corrected chi connectivity index (χ3v) is 3.54. The molecule has 2 amide bonds. The summed E-state index contributed by atoms with van der Waals surface area (Å²) in [6, 6.07) is 7.41. The van der Waals surface area contributed by atoms with Crippen LogP contribution in [0.1, 0.15) is 23.3 Å². The van der Waals surface area contributed by atoms with Crippen LogP contribution in [0.15, 0.2) is 24.3 Å². The molecular weight excluding hydrogens is 256 g/mol. The van der Waals surface area contributed by atoms with E-state index in [0.29, 0.717) is 5.69 Å². The number of amides is 2. The van der Waals surface area contributed by atoms with Crippen LogP contribution in [0.4, 0.5) is 0 Å². The second-order valence-electron chi connectivity index (χ2n) is 4.89. The number of aromatic amines is 1. The summed E-state index contributed by atoms with van der Waals surface area (Å²) >= 11 is 0. The first-order chi connectivity index (χ1) is 9.75. The van der Waals surface area contributed by atoms with Gasteiger partial charge in [-0.15, -0.1) is 0 Å². The number of benzene rings is 1. The molecule has 1 aromatic heterocycles. The van der Waals surface area contributed by atoms with Gasteiger partial charge in [-0.1, -0.05) is 18.2 Å². The number of hydrogen-bond acceptors (Lipinski definition) is 3. The molecule has 0 spiro atoms. The number of rotatable bonds is 3. The lowest BCUT2D eigenvalue weighted by molar-refractivity contribution is -0.129. The van der Waals surface area contributed by atoms with Gasteiger partial charge in [-0.2, -0.15) is 5.10 Å². The molecule has 0 unspecified atom stereocenters. The van der Waals surface area contributed by atoms with Crippen molar-refractivity contribution in [2.45, 2.75) is 12.8 Å². The normalized spacial score (nSPS) is 14.7. The first-order valence-corrected chi connectivity index (χ1v) is 6.75. The molecule has 2 heterocycles. The average Bonchev–Trinajstić information content (AvgIpc) is 3.13. The zero-order valence-electron chi connectivity index (χ0n) is 11.1. The fourth-order valence-corrected chi connectivity index (χ4v) is 2.45. The number of nitrogens with one attached hydrogen (secondary N) is 2. The highest BCUT2D eigenvalue weighted by Crippen LogP contribution is 2.14. The van der Waals surface area contributed by atoms with Crippen molar-refractivity contribution in [2.75, 3.05) is 19.6 Å². The predicted molar refractivity (Wildman–Crippen MR) is 74.2 cm³/mol. The summed E-state index contributed by atoms with van der Waals surface area (Å²) in [5.74, 6) is -0.356. The topological polar surface area (TPSA) is 78.1 Å².